The largest absolute Gasteiger partial charge is 0.405 e. The summed E-state index contributed by atoms with van der Waals surface area (Å²) in [6.45, 7) is 13.8. The van der Waals surface area contributed by atoms with Gasteiger partial charge in [-0.2, -0.15) is 0 Å². The Morgan fingerprint density at radius 3 is 2.28 bits per heavy atom. The summed E-state index contributed by atoms with van der Waals surface area (Å²) >= 11 is 6.25. The van der Waals surface area contributed by atoms with Gasteiger partial charge in [0.15, 0.2) is 11.5 Å². The van der Waals surface area contributed by atoms with E-state index >= 15 is 0 Å². The predicted octanol–water partition coefficient (Wildman–Crippen LogP) is 3.85. The summed E-state index contributed by atoms with van der Waals surface area (Å²) in [7, 11) is -3.45. The average Bonchev–Trinajstić information content (AvgIpc) is 3.00. The molecule has 2 aromatic heterocycles. The van der Waals surface area contributed by atoms with E-state index in [1.165, 1.54) is 0 Å². The van der Waals surface area contributed by atoms with Crippen LogP contribution in [0.15, 0.2) is 0 Å². The Bertz CT molecular complexity index is 789. The number of aromatic nitrogens is 4. The molecule has 0 fully saturated rings. The lowest BCUT2D eigenvalue weighted by molar-refractivity contribution is 0.176. The average molecular weight is 392 g/mol. The molecule has 0 bridgehead atoms. The SMILES string of the molecule is CCOP(=O)(NC(C)(C)C(C)(C)c1nnc2c(Cl)c(C)[nH]n12)OCC. The van der Waals surface area contributed by atoms with Crippen LogP contribution in [0.5, 0.6) is 0 Å². The zero-order chi connectivity index (χ0) is 19.0. The zero-order valence-corrected chi connectivity index (χ0v) is 17.5. The monoisotopic (exact) mass is 391 g/mol. The van der Waals surface area contributed by atoms with Crippen LogP contribution < -0.4 is 5.09 Å². The summed E-state index contributed by atoms with van der Waals surface area (Å²) in [6, 6.07) is 0. The molecule has 2 N–H and O–H groups in total. The van der Waals surface area contributed by atoms with E-state index in [4.69, 9.17) is 20.6 Å². The molecule has 142 valence electrons. The molecule has 0 aliphatic carbocycles. The molecule has 25 heavy (non-hydrogen) atoms. The molecular formula is C15H27ClN5O3P. The van der Waals surface area contributed by atoms with E-state index in [1.807, 2.05) is 34.6 Å². The van der Waals surface area contributed by atoms with Crippen LogP contribution in [0.2, 0.25) is 5.02 Å². The summed E-state index contributed by atoms with van der Waals surface area (Å²) in [5, 5.41) is 15.3. The number of nitrogens with zero attached hydrogens (tertiary/aromatic N) is 3. The van der Waals surface area contributed by atoms with Gasteiger partial charge in [-0.05, 0) is 34.6 Å². The third-order valence-corrected chi connectivity index (χ3v) is 7.09. The molecular weight excluding hydrogens is 365 g/mol. The van der Waals surface area contributed by atoms with Gasteiger partial charge in [0, 0.05) is 11.0 Å². The minimum absolute atomic E-state index is 0.279. The van der Waals surface area contributed by atoms with Gasteiger partial charge >= 0.3 is 7.75 Å². The third kappa shape index (κ3) is 3.64. The van der Waals surface area contributed by atoms with E-state index in [9.17, 15) is 4.57 Å². The summed E-state index contributed by atoms with van der Waals surface area (Å²) in [4.78, 5) is 0. The lowest BCUT2D eigenvalue weighted by Gasteiger charge is -2.42. The summed E-state index contributed by atoms with van der Waals surface area (Å²) in [6.07, 6.45) is 0. The molecule has 2 rings (SSSR count). The summed E-state index contributed by atoms with van der Waals surface area (Å²) in [5.74, 6) is 0.662. The van der Waals surface area contributed by atoms with Gasteiger partial charge < -0.3 is 0 Å². The van der Waals surface area contributed by atoms with Crippen LogP contribution in [-0.2, 0) is 19.0 Å². The first kappa shape index (κ1) is 20.4. The van der Waals surface area contributed by atoms with E-state index in [0.717, 1.165) is 5.69 Å². The molecule has 0 saturated carbocycles. The molecule has 0 unspecified atom stereocenters. The highest BCUT2D eigenvalue weighted by Crippen LogP contribution is 2.49. The number of hydrogen-bond acceptors (Lipinski definition) is 5. The van der Waals surface area contributed by atoms with E-state index in [1.54, 1.807) is 18.4 Å². The maximum absolute atomic E-state index is 12.9. The Labute approximate surface area is 153 Å². The second kappa shape index (κ2) is 7.00. The van der Waals surface area contributed by atoms with Crippen LogP contribution in [0.4, 0.5) is 0 Å². The fourth-order valence-electron chi connectivity index (χ4n) is 2.52. The van der Waals surface area contributed by atoms with Gasteiger partial charge in [-0.15, -0.1) is 10.2 Å². The molecule has 2 aromatic rings. The molecule has 0 radical (unpaired) electrons. The Balaban J connectivity index is 2.44. The van der Waals surface area contributed by atoms with Crippen molar-refractivity contribution in [2.24, 2.45) is 0 Å². The highest BCUT2D eigenvalue weighted by Gasteiger charge is 2.47. The van der Waals surface area contributed by atoms with Gasteiger partial charge in [-0.1, -0.05) is 25.4 Å². The molecule has 10 heteroatoms. The number of aryl methyl sites for hydroxylation is 1. The number of nitrogens with one attached hydrogen (secondary N) is 2. The molecule has 2 heterocycles. The maximum Gasteiger partial charge on any atom is 0.405 e. The number of aromatic amines is 1. The molecule has 0 atom stereocenters. The van der Waals surface area contributed by atoms with Crippen molar-refractivity contribution in [1.29, 1.82) is 0 Å². The van der Waals surface area contributed by atoms with E-state index in [-0.39, 0.29) is 13.2 Å². The molecule has 0 aliphatic heterocycles. The van der Waals surface area contributed by atoms with E-state index in [2.05, 4.69) is 20.4 Å². The number of halogens is 1. The van der Waals surface area contributed by atoms with Crippen LogP contribution in [0, 0.1) is 6.92 Å². The summed E-state index contributed by atoms with van der Waals surface area (Å²) in [5.41, 5.74) is 0.0950. The Hall–Kier alpha value is -0.920. The molecule has 8 nitrogen and oxygen atoms in total. The highest BCUT2D eigenvalue weighted by molar-refractivity contribution is 7.51. The first-order chi connectivity index (χ1) is 11.5. The predicted molar refractivity (Wildman–Crippen MR) is 98.2 cm³/mol. The van der Waals surface area contributed by atoms with Crippen molar-refractivity contribution in [3.63, 3.8) is 0 Å². The van der Waals surface area contributed by atoms with Crippen LogP contribution >= 0.6 is 19.3 Å². The minimum atomic E-state index is -3.45. The van der Waals surface area contributed by atoms with Gasteiger partial charge in [-0.3, -0.25) is 14.1 Å². The first-order valence-corrected chi connectivity index (χ1v) is 10.2. The van der Waals surface area contributed by atoms with Crippen molar-refractivity contribution < 1.29 is 13.6 Å². The van der Waals surface area contributed by atoms with Gasteiger partial charge in [0.2, 0.25) is 0 Å². The number of rotatable bonds is 8. The number of H-pyrrole nitrogens is 1. The van der Waals surface area contributed by atoms with Crippen molar-refractivity contribution in [2.45, 2.75) is 59.4 Å². The fraction of sp³-hybridized carbons (Fsp3) is 0.733. The Morgan fingerprint density at radius 2 is 1.76 bits per heavy atom. The zero-order valence-electron chi connectivity index (χ0n) is 15.8. The topological polar surface area (TPSA) is 93.5 Å². The van der Waals surface area contributed by atoms with Crippen LogP contribution in [0.25, 0.3) is 5.65 Å². The molecule has 0 spiro atoms. The van der Waals surface area contributed by atoms with Crippen molar-refractivity contribution in [2.75, 3.05) is 13.2 Å². The smallest absolute Gasteiger partial charge is 0.297 e. The lowest BCUT2D eigenvalue weighted by atomic mass is 9.74. The van der Waals surface area contributed by atoms with Gasteiger partial charge in [0.25, 0.3) is 0 Å². The summed E-state index contributed by atoms with van der Waals surface area (Å²) < 4.78 is 25.5. The second-order valence-electron chi connectivity index (χ2n) is 6.93. The molecule has 0 saturated heterocycles. The molecule has 0 aliphatic rings. The van der Waals surface area contributed by atoms with Crippen LogP contribution in [0.3, 0.4) is 0 Å². The van der Waals surface area contributed by atoms with Gasteiger partial charge in [-0.25, -0.2) is 14.2 Å². The maximum atomic E-state index is 12.9. The minimum Gasteiger partial charge on any atom is -0.297 e. The Morgan fingerprint density at radius 1 is 1.20 bits per heavy atom. The van der Waals surface area contributed by atoms with Crippen LogP contribution in [-0.4, -0.2) is 38.6 Å². The van der Waals surface area contributed by atoms with Crippen molar-refractivity contribution >= 4 is 25.0 Å². The fourth-order valence-corrected chi connectivity index (χ4v) is 4.54. The van der Waals surface area contributed by atoms with Gasteiger partial charge in [0.1, 0.15) is 5.02 Å². The number of hydrogen-bond donors (Lipinski definition) is 2. The molecule has 0 aromatic carbocycles. The van der Waals surface area contributed by atoms with Crippen molar-refractivity contribution in [3.8, 4) is 0 Å². The lowest BCUT2D eigenvalue weighted by Crippen LogP contribution is -2.53. The van der Waals surface area contributed by atoms with Gasteiger partial charge in [0.05, 0.1) is 18.9 Å². The standard InChI is InChI=1S/C15H27ClN5O3P/c1-8-23-25(22,24-9-2)20-15(6,7)14(4,5)13-18-17-12-11(16)10(3)19-21(12)13/h19H,8-9H2,1-7H3,(H,20,22). The van der Waals surface area contributed by atoms with E-state index < -0.39 is 18.7 Å². The van der Waals surface area contributed by atoms with E-state index in [0.29, 0.717) is 16.5 Å². The number of fused-ring (bicyclic) bond motifs is 1. The normalized spacial score (nSPS) is 13.8. The third-order valence-electron chi connectivity index (χ3n) is 4.60. The quantitative estimate of drug-likeness (QED) is 0.664. The highest BCUT2D eigenvalue weighted by atomic mass is 35.5. The van der Waals surface area contributed by atoms with Crippen LogP contribution in [0.1, 0.15) is 53.1 Å². The van der Waals surface area contributed by atoms with Crippen molar-refractivity contribution in [3.05, 3.63) is 16.5 Å². The Kier molecular flexibility index (Phi) is 5.71. The molecule has 0 amide bonds. The second-order valence-corrected chi connectivity index (χ2v) is 9.04. The van der Waals surface area contributed by atoms with Crippen molar-refractivity contribution in [1.82, 2.24) is 24.9 Å². The first-order valence-electron chi connectivity index (χ1n) is 8.27.